The van der Waals surface area contributed by atoms with Crippen LogP contribution in [0.15, 0.2) is 17.1 Å². The summed E-state index contributed by atoms with van der Waals surface area (Å²) in [5.74, 6) is 2.67. The van der Waals surface area contributed by atoms with Crippen LogP contribution in [0, 0.1) is 5.41 Å². The molecular formula is C20H33N3O4. The number of nitrogens with zero attached hydrogens (tertiary/aromatic N) is 1. The van der Waals surface area contributed by atoms with Gasteiger partial charge in [0.1, 0.15) is 0 Å². The molecule has 1 aromatic rings. The fourth-order valence-corrected chi connectivity index (χ4v) is 3.48. The lowest BCUT2D eigenvalue weighted by Gasteiger charge is -2.42. The molecule has 0 saturated heterocycles. The fraction of sp³-hybridized carbons (Fsp3) is 0.650. The monoisotopic (exact) mass is 379 g/mol. The van der Waals surface area contributed by atoms with Crippen molar-refractivity contribution >= 4 is 5.96 Å². The predicted octanol–water partition coefficient (Wildman–Crippen LogP) is 2.58. The molecule has 0 aromatic heterocycles. The minimum Gasteiger partial charge on any atom is -0.493 e. The molecule has 1 saturated carbocycles. The lowest BCUT2D eigenvalue weighted by atomic mass is 9.67. The van der Waals surface area contributed by atoms with Crippen LogP contribution in [0.4, 0.5) is 0 Å². The number of rotatable bonds is 10. The van der Waals surface area contributed by atoms with Gasteiger partial charge in [0.2, 0.25) is 5.75 Å². The van der Waals surface area contributed by atoms with Crippen LogP contribution >= 0.6 is 0 Å². The normalized spacial score (nSPS) is 15.7. The van der Waals surface area contributed by atoms with Gasteiger partial charge >= 0.3 is 0 Å². The summed E-state index contributed by atoms with van der Waals surface area (Å²) in [4.78, 5) is 4.34. The molecule has 0 aliphatic heterocycles. The molecule has 0 atom stereocenters. The highest BCUT2D eigenvalue weighted by Crippen LogP contribution is 2.43. The van der Waals surface area contributed by atoms with Crippen molar-refractivity contribution in [1.82, 2.24) is 10.6 Å². The fourth-order valence-electron chi connectivity index (χ4n) is 3.48. The number of nitrogens with one attached hydrogen (secondary N) is 2. The molecule has 0 spiro atoms. The van der Waals surface area contributed by atoms with Crippen molar-refractivity contribution in [1.29, 1.82) is 0 Å². The first-order valence-electron chi connectivity index (χ1n) is 9.34. The van der Waals surface area contributed by atoms with Crippen molar-refractivity contribution in [3.8, 4) is 17.2 Å². The summed E-state index contributed by atoms with van der Waals surface area (Å²) < 4.78 is 21.6. The average molecular weight is 380 g/mol. The third kappa shape index (κ3) is 5.19. The zero-order valence-corrected chi connectivity index (χ0v) is 17.2. The van der Waals surface area contributed by atoms with E-state index in [0.717, 1.165) is 31.1 Å². The van der Waals surface area contributed by atoms with Gasteiger partial charge in [0.05, 0.1) is 21.3 Å². The summed E-state index contributed by atoms with van der Waals surface area (Å²) in [5.41, 5.74) is 1.30. The van der Waals surface area contributed by atoms with Crippen LogP contribution in [0.1, 0.15) is 31.2 Å². The maximum Gasteiger partial charge on any atom is 0.203 e. The summed E-state index contributed by atoms with van der Waals surface area (Å²) in [6.07, 6.45) is 4.85. The minimum absolute atomic E-state index is 0.328. The molecule has 0 radical (unpaired) electrons. The van der Waals surface area contributed by atoms with E-state index >= 15 is 0 Å². The van der Waals surface area contributed by atoms with Gasteiger partial charge < -0.3 is 29.6 Å². The molecule has 7 heteroatoms. The zero-order chi connectivity index (χ0) is 19.7. The third-order valence-electron chi connectivity index (χ3n) is 5.34. The molecule has 152 valence electrons. The van der Waals surface area contributed by atoms with Crippen molar-refractivity contribution in [3.63, 3.8) is 0 Å². The molecule has 1 aliphatic rings. The Kier molecular flexibility index (Phi) is 8.03. The number of aliphatic imine (C=N–C) groups is 1. The van der Waals surface area contributed by atoms with Crippen LogP contribution in [0.5, 0.6) is 17.2 Å². The number of methoxy groups -OCH3 is 4. The molecule has 27 heavy (non-hydrogen) atoms. The van der Waals surface area contributed by atoms with Crippen LogP contribution < -0.4 is 24.8 Å². The van der Waals surface area contributed by atoms with Gasteiger partial charge in [-0.15, -0.1) is 0 Å². The maximum absolute atomic E-state index is 5.54. The first-order valence-corrected chi connectivity index (χ1v) is 9.34. The van der Waals surface area contributed by atoms with E-state index in [1.54, 1.807) is 35.5 Å². The van der Waals surface area contributed by atoms with Gasteiger partial charge in [-0.1, -0.05) is 6.42 Å². The average Bonchev–Trinajstić information content (AvgIpc) is 2.67. The molecule has 0 unspecified atom stereocenters. The second kappa shape index (κ2) is 10.3. The van der Waals surface area contributed by atoms with E-state index in [4.69, 9.17) is 18.9 Å². The van der Waals surface area contributed by atoms with Gasteiger partial charge in [-0.2, -0.15) is 0 Å². The Morgan fingerprint density at radius 1 is 1.04 bits per heavy atom. The largest absolute Gasteiger partial charge is 0.493 e. The number of hydrogen-bond donors (Lipinski definition) is 2. The first-order chi connectivity index (χ1) is 13.1. The molecule has 1 fully saturated rings. The van der Waals surface area contributed by atoms with Crippen molar-refractivity contribution in [3.05, 3.63) is 17.7 Å². The Labute approximate surface area is 162 Å². The van der Waals surface area contributed by atoms with Gasteiger partial charge in [0.25, 0.3) is 0 Å². The number of hydrogen-bond acceptors (Lipinski definition) is 5. The Morgan fingerprint density at radius 2 is 1.78 bits per heavy atom. The summed E-state index contributed by atoms with van der Waals surface area (Å²) >= 11 is 0. The van der Waals surface area contributed by atoms with Gasteiger partial charge in [-0.25, -0.2) is 0 Å². The van der Waals surface area contributed by atoms with Crippen LogP contribution in [0.3, 0.4) is 0 Å². The smallest absolute Gasteiger partial charge is 0.203 e. The topological polar surface area (TPSA) is 73.3 Å². The van der Waals surface area contributed by atoms with Crippen LogP contribution in [0.25, 0.3) is 0 Å². The van der Waals surface area contributed by atoms with E-state index in [2.05, 4.69) is 15.6 Å². The highest BCUT2D eigenvalue weighted by Gasteiger charge is 2.36. The molecule has 2 rings (SSSR count). The second-order valence-corrected chi connectivity index (χ2v) is 6.87. The Balaban J connectivity index is 1.98. The predicted molar refractivity (Wildman–Crippen MR) is 107 cm³/mol. The highest BCUT2D eigenvalue weighted by atomic mass is 16.5. The van der Waals surface area contributed by atoms with Crippen molar-refractivity contribution < 1.29 is 18.9 Å². The quantitative estimate of drug-likeness (QED) is 0.481. The van der Waals surface area contributed by atoms with Crippen molar-refractivity contribution in [2.45, 2.75) is 32.2 Å². The summed E-state index contributed by atoms with van der Waals surface area (Å²) in [7, 11) is 8.39. The second-order valence-electron chi connectivity index (χ2n) is 6.87. The van der Waals surface area contributed by atoms with Crippen LogP contribution in [0.2, 0.25) is 0 Å². The van der Waals surface area contributed by atoms with Gasteiger partial charge in [0, 0.05) is 39.4 Å². The third-order valence-corrected chi connectivity index (χ3v) is 5.34. The zero-order valence-electron chi connectivity index (χ0n) is 17.2. The Hall–Kier alpha value is -2.15. The van der Waals surface area contributed by atoms with Gasteiger partial charge in [0.15, 0.2) is 17.5 Å². The van der Waals surface area contributed by atoms with Crippen LogP contribution in [-0.2, 0) is 11.3 Å². The van der Waals surface area contributed by atoms with E-state index in [9.17, 15) is 0 Å². The summed E-state index contributed by atoms with van der Waals surface area (Å²) in [5, 5.41) is 6.82. The molecule has 0 heterocycles. The Bertz CT molecular complexity index is 630. The molecule has 2 N–H and O–H groups in total. The number of guanidine groups is 1. The van der Waals surface area contributed by atoms with Gasteiger partial charge in [-0.05, 0) is 36.8 Å². The molecule has 0 amide bonds. The van der Waals surface area contributed by atoms with E-state index in [-0.39, 0.29) is 0 Å². The Morgan fingerprint density at radius 3 is 2.30 bits per heavy atom. The first kappa shape index (κ1) is 21.2. The number of ether oxygens (including phenoxy) is 4. The van der Waals surface area contributed by atoms with E-state index in [1.807, 2.05) is 12.1 Å². The minimum atomic E-state index is 0.328. The number of benzene rings is 1. The lowest BCUT2D eigenvalue weighted by molar-refractivity contribution is 0.0732. The van der Waals surface area contributed by atoms with Crippen molar-refractivity contribution in [2.75, 3.05) is 48.6 Å². The van der Waals surface area contributed by atoms with Gasteiger partial charge in [-0.3, -0.25) is 4.99 Å². The standard InChI is InChI=1S/C20H33N3O4/c1-21-19(23-14-20(9-6-10-20)11-12-24-2)22-13-15-7-8-16(25-3)18(27-5)17(15)26-4/h7-8H,6,9-14H2,1-5H3,(H2,21,22,23). The lowest BCUT2D eigenvalue weighted by Crippen LogP contribution is -2.46. The molecular weight excluding hydrogens is 346 g/mol. The maximum atomic E-state index is 5.54. The van der Waals surface area contributed by atoms with E-state index in [0.29, 0.717) is 29.2 Å². The van der Waals surface area contributed by atoms with E-state index in [1.165, 1.54) is 19.3 Å². The summed E-state index contributed by atoms with van der Waals surface area (Å²) in [6.45, 7) is 2.27. The van der Waals surface area contributed by atoms with Crippen molar-refractivity contribution in [2.24, 2.45) is 10.4 Å². The van der Waals surface area contributed by atoms with Crippen LogP contribution in [-0.4, -0.2) is 54.6 Å². The van der Waals surface area contributed by atoms with E-state index < -0.39 is 0 Å². The SMILES string of the molecule is CN=C(NCc1ccc(OC)c(OC)c1OC)NCC1(CCOC)CCC1. The summed E-state index contributed by atoms with van der Waals surface area (Å²) in [6, 6.07) is 3.84. The molecule has 1 aromatic carbocycles. The molecule has 0 bridgehead atoms. The molecule has 7 nitrogen and oxygen atoms in total. The molecule has 1 aliphatic carbocycles. The highest BCUT2D eigenvalue weighted by molar-refractivity contribution is 5.79.